The lowest BCUT2D eigenvalue weighted by atomic mass is 10.0. The summed E-state index contributed by atoms with van der Waals surface area (Å²) in [5.41, 5.74) is 2.12. The number of nitrogens with zero attached hydrogens (tertiary/aromatic N) is 4. The molecule has 34 heavy (non-hydrogen) atoms. The van der Waals surface area contributed by atoms with Crippen LogP contribution in [0.4, 0.5) is 11.5 Å². The highest BCUT2D eigenvalue weighted by atomic mass is 35.5. The van der Waals surface area contributed by atoms with Gasteiger partial charge in [-0.1, -0.05) is 35.9 Å². The Bertz CT molecular complexity index is 1310. The topological polar surface area (TPSA) is 73.8 Å². The first-order valence-corrected chi connectivity index (χ1v) is 13.1. The molecule has 1 aromatic heterocycles. The second kappa shape index (κ2) is 9.27. The molecule has 0 radical (unpaired) electrons. The van der Waals surface area contributed by atoms with Crippen LogP contribution in [0, 0.1) is 0 Å². The third-order valence-corrected chi connectivity index (χ3v) is 8.37. The Morgan fingerprint density at radius 3 is 2.47 bits per heavy atom. The van der Waals surface area contributed by atoms with Gasteiger partial charge in [0.1, 0.15) is 5.82 Å². The van der Waals surface area contributed by atoms with Crippen molar-refractivity contribution >= 4 is 39.0 Å². The molecule has 0 spiro atoms. The summed E-state index contributed by atoms with van der Waals surface area (Å²) >= 11 is 5.92. The largest absolute Gasteiger partial charge is 0.353 e. The van der Waals surface area contributed by atoms with Crippen molar-refractivity contribution < 1.29 is 13.2 Å². The van der Waals surface area contributed by atoms with Gasteiger partial charge in [-0.15, -0.1) is 0 Å². The Kier molecular flexibility index (Phi) is 6.18. The number of para-hydroxylation sites is 1. The Labute approximate surface area is 204 Å². The zero-order chi connectivity index (χ0) is 23.7. The van der Waals surface area contributed by atoms with Gasteiger partial charge < -0.3 is 9.80 Å². The molecular formula is C25H25ClN4O3S. The third kappa shape index (κ3) is 4.35. The van der Waals surface area contributed by atoms with Crippen LogP contribution in [0.3, 0.4) is 0 Å². The first-order valence-electron chi connectivity index (χ1n) is 11.3. The number of hydrogen-bond acceptors (Lipinski definition) is 5. The lowest BCUT2D eigenvalue weighted by Crippen LogP contribution is -2.49. The van der Waals surface area contributed by atoms with Crippen molar-refractivity contribution in [2.24, 2.45) is 0 Å². The monoisotopic (exact) mass is 496 g/mol. The Morgan fingerprint density at radius 1 is 0.912 bits per heavy atom. The molecule has 0 atom stereocenters. The second-order valence-electron chi connectivity index (χ2n) is 8.45. The summed E-state index contributed by atoms with van der Waals surface area (Å²) in [4.78, 5) is 21.6. The highest BCUT2D eigenvalue weighted by molar-refractivity contribution is 7.92. The molecule has 1 fully saturated rings. The lowest BCUT2D eigenvalue weighted by Gasteiger charge is -2.35. The van der Waals surface area contributed by atoms with E-state index < -0.39 is 10.0 Å². The van der Waals surface area contributed by atoms with Gasteiger partial charge in [0.2, 0.25) is 0 Å². The molecule has 2 aliphatic heterocycles. The van der Waals surface area contributed by atoms with E-state index >= 15 is 0 Å². The fraction of sp³-hybridized carbons (Fsp3) is 0.280. The van der Waals surface area contributed by atoms with Crippen molar-refractivity contribution in [2.45, 2.75) is 17.7 Å². The minimum atomic E-state index is -3.78. The smallest absolute Gasteiger partial charge is 0.264 e. The molecule has 1 amide bonds. The van der Waals surface area contributed by atoms with E-state index in [1.807, 2.05) is 30.3 Å². The van der Waals surface area contributed by atoms with E-state index in [1.54, 1.807) is 35.4 Å². The van der Waals surface area contributed by atoms with Gasteiger partial charge >= 0.3 is 0 Å². The van der Waals surface area contributed by atoms with E-state index in [0.29, 0.717) is 43.3 Å². The minimum Gasteiger partial charge on any atom is -0.353 e. The number of carbonyl (C=O) groups is 1. The molecular weight excluding hydrogens is 472 g/mol. The van der Waals surface area contributed by atoms with Crippen LogP contribution in [-0.4, -0.2) is 56.9 Å². The second-order valence-corrected chi connectivity index (χ2v) is 10.7. The van der Waals surface area contributed by atoms with E-state index in [1.165, 1.54) is 10.4 Å². The molecule has 0 unspecified atom stereocenters. The van der Waals surface area contributed by atoms with Crippen molar-refractivity contribution in [3.63, 3.8) is 0 Å². The van der Waals surface area contributed by atoms with Crippen LogP contribution in [0.2, 0.25) is 5.02 Å². The van der Waals surface area contributed by atoms with Crippen molar-refractivity contribution in [3.05, 3.63) is 83.0 Å². The normalized spacial score (nSPS) is 16.3. The Hall–Kier alpha value is -3.10. The van der Waals surface area contributed by atoms with Crippen molar-refractivity contribution in [1.29, 1.82) is 0 Å². The van der Waals surface area contributed by atoms with Crippen LogP contribution in [0.1, 0.15) is 22.3 Å². The molecule has 5 rings (SSSR count). The first kappa shape index (κ1) is 22.7. The summed E-state index contributed by atoms with van der Waals surface area (Å²) in [6.07, 6.45) is 3.24. The molecule has 0 saturated carbocycles. The summed E-state index contributed by atoms with van der Waals surface area (Å²) in [5, 5.41) is 0.584. The van der Waals surface area contributed by atoms with Crippen molar-refractivity contribution in [2.75, 3.05) is 41.9 Å². The van der Waals surface area contributed by atoms with Gasteiger partial charge in [-0.25, -0.2) is 13.4 Å². The molecule has 9 heteroatoms. The summed E-state index contributed by atoms with van der Waals surface area (Å²) in [7, 11) is -3.78. The van der Waals surface area contributed by atoms with Gasteiger partial charge in [-0.05, 0) is 54.8 Å². The average molecular weight is 497 g/mol. The number of amides is 1. The van der Waals surface area contributed by atoms with E-state index in [4.69, 9.17) is 11.6 Å². The third-order valence-electron chi connectivity index (χ3n) is 6.34. The predicted molar refractivity (Wildman–Crippen MR) is 133 cm³/mol. The quantitative estimate of drug-likeness (QED) is 0.548. The lowest BCUT2D eigenvalue weighted by molar-refractivity contribution is 0.0746. The number of fused-ring (bicyclic) bond motifs is 1. The molecule has 2 aliphatic rings. The number of aryl methyl sites for hydroxylation is 1. The standard InChI is InChI=1S/C25H25ClN4O3S/c26-21-10-11-24(27-18-21)28-13-15-29(16-14-28)25(31)20-6-3-8-22(17-20)34(32,33)30-12-4-7-19-5-1-2-9-23(19)30/h1-3,5-6,8-11,17-18H,4,7,12-16H2. The van der Waals surface area contributed by atoms with Crippen LogP contribution >= 0.6 is 11.6 Å². The van der Waals surface area contributed by atoms with Gasteiger partial charge in [0.05, 0.1) is 15.6 Å². The van der Waals surface area contributed by atoms with E-state index in [2.05, 4.69) is 9.88 Å². The maximum atomic E-state index is 13.5. The number of pyridine rings is 1. The summed E-state index contributed by atoms with van der Waals surface area (Å²) in [6, 6.07) is 17.6. The molecule has 2 aromatic carbocycles. The minimum absolute atomic E-state index is 0.138. The molecule has 1 saturated heterocycles. The number of sulfonamides is 1. The maximum absolute atomic E-state index is 13.5. The van der Waals surface area contributed by atoms with E-state index in [9.17, 15) is 13.2 Å². The van der Waals surface area contributed by atoms with Gasteiger partial charge in [-0.3, -0.25) is 9.10 Å². The molecule has 176 valence electrons. The summed E-state index contributed by atoms with van der Waals surface area (Å²) in [5.74, 6) is 0.659. The van der Waals surface area contributed by atoms with Crippen LogP contribution in [0.25, 0.3) is 0 Å². The number of hydrogen-bond donors (Lipinski definition) is 0. The van der Waals surface area contributed by atoms with Gasteiger partial charge in [-0.2, -0.15) is 0 Å². The number of aromatic nitrogens is 1. The fourth-order valence-electron chi connectivity index (χ4n) is 4.54. The highest BCUT2D eigenvalue weighted by Gasteiger charge is 2.30. The Morgan fingerprint density at radius 2 is 1.71 bits per heavy atom. The highest BCUT2D eigenvalue weighted by Crippen LogP contribution is 2.32. The SMILES string of the molecule is O=C(c1cccc(S(=O)(=O)N2CCCc3ccccc32)c1)N1CCN(c2ccc(Cl)cn2)CC1. The number of piperazine rings is 1. The van der Waals surface area contributed by atoms with Gasteiger partial charge in [0.15, 0.2) is 0 Å². The molecule has 3 aromatic rings. The number of rotatable bonds is 4. The number of halogens is 1. The predicted octanol–water partition coefficient (Wildman–Crippen LogP) is 3.84. The van der Waals surface area contributed by atoms with Crippen molar-refractivity contribution in [3.8, 4) is 0 Å². The molecule has 7 nitrogen and oxygen atoms in total. The number of carbonyl (C=O) groups excluding carboxylic acids is 1. The van der Waals surface area contributed by atoms with Crippen LogP contribution in [0.15, 0.2) is 71.8 Å². The number of benzene rings is 2. The van der Waals surface area contributed by atoms with E-state index in [0.717, 1.165) is 29.9 Å². The summed E-state index contributed by atoms with van der Waals surface area (Å²) in [6.45, 7) is 2.77. The van der Waals surface area contributed by atoms with Gasteiger partial charge in [0, 0.05) is 44.5 Å². The summed E-state index contributed by atoms with van der Waals surface area (Å²) < 4.78 is 28.5. The fourth-order valence-corrected chi connectivity index (χ4v) is 6.24. The zero-order valence-corrected chi connectivity index (χ0v) is 20.2. The first-order chi connectivity index (χ1) is 16.4. The molecule has 3 heterocycles. The van der Waals surface area contributed by atoms with Crippen molar-refractivity contribution in [1.82, 2.24) is 9.88 Å². The molecule has 0 aliphatic carbocycles. The Balaban J connectivity index is 1.32. The van der Waals surface area contributed by atoms with Crippen LogP contribution in [0.5, 0.6) is 0 Å². The zero-order valence-electron chi connectivity index (χ0n) is 18.6. The van der Waals surface area contributed by atoms with Crippen LogP contribution < -0.4 is 9.21 Å². The average Bonchev–Trinajstić information content (AvgIpc) is 2.88. The molecule has 0 N–H and O–H groups in total. The van der Waals surface area contributed by atoms with Crippen LogP contribution in [-0.2, 0) is 16.4 Å². The van der Waals surface area contributed by atoms with E-state index in [-0.39, 0.29) is 10.8 Å². The van der Waals surface area contributed by atoms with Gasteiger partial charge in [0.25, 0.3) is 15.9 Å². The maximum Gasteiger partial charge on any atom is 0.264 e. The number of anilines is 2. The molecule has 0 bridgehead atoms.